The van der Waals surface area contributed by atoms with Crippen molar-refractivity contribution in [1.29, 1.82) is 0 Å². The minimum atomic E-state index is -0.314. The number of ether oxygens (including phenoxy) is 1. The maximum absolute atomic E-state index is 11.1. The van der Waals surface area contributed by atoms with Crippen LogP contribution in [-0.4, -0.2) is 18.3 Å². The van der Waals surface area contributed by atoms with E-state index in [1.54, 1.807) is 19.2 Å². The smallest absolute Gasteiger partial charge is 0.230 e. The molecule has 5 heteroatoms. The molecule has 0 saturated carbocycles. The van der Waals surface area contributed by atoms with Gasteiger partial charge in [-0.3, -0.25) is 4.79 Å². The van der Waals surface area contributed by atoms with Gasteiger partial charge in [-0.25, -0.2) is 0 Å². The minimum Gasteiger partial charge on any atom is -0.496 e. The molecule has 0 aliphatic heterocycles. The Hall–Kier alpha value is -1.36. The van der Waals surface area contributed by atoms with Gasteiger partial charge in [-0.2, -0.15) is 0 Å². The molecule has 88 valence electrons. The van der Waals surface area contributed by atoms with Gasteiger partial charge >= 0.3 is 0 Å². The lowest BCUT2D eigenvalue weighted by molar-refractivity contribution is -0.117. The second-order valence-corrected chi connectivity index (χ2v) is 4.57. The zero-order valence-electron chi connectivity index (χ0n) is 9.40. The number of carbonyl (C=O) groups is 1. The number of hydrogen-bond acceptors (Lipinski definition) is 4. The van der Waals surface area contributed by atoms with Crippen molar-refractivity contribution in [2.75, 3.05) is 12.8 Å². The van der Waals surface area contributed by atoms with Crippen molar-refractivity contribution in [3.8, 4) is 5.75 Å². The van der Waals surface area contributed by atoms with Gasteiger partial charge in [0.1, 0.15) is 5.75 Å². The Morgan fingerprint density at radius 2 is 2.25 bits per heavy atom. The molecule has 0 aliphatic carbocycles. The number of thioether (sulfide) groups is 1. The maximum Gasteiger partial charge on any atom is 0.230 e. The van der Waals surface area contributed by atoms with E-state index in [9.17, 15) is 4.79 Å². The van der Waals surface area contributed by atoms with Gasteiger partial charge in [0.25, 0.3) is 0 Å². The second-order valence-electron chi connectivity index (χ2n) is 3.33. The zero-order chi connectivity index (χ0) is 12.1. The Morgan fingerprint density at radius 1 is 1.56 bits per heavy atom. The average Bonchev–Trinajstić information content (AvgIpc) is 2.26. The first-order valence-electron chi connectivity index (χ1n) is 4.98. The van der Waals surface area contributed by atoms with Crippen molar-refractivity contribution in [3.63, 3.8) is 0 Å². The maximum atomic E-state index is 11.1. The lowest BCUT2D eigenvalue weighted by atomic mass is 10.3. The number of primary amides is 1. The van der Waals surface area contributed by atoms with Gasteiger partial charge in [0.15, 0.2) is 0 Å². The van der Waals surface area contributed by atoms with Gasteiger partial charge in [0, 0.05) is 11.8 Å². The first kappa shape index (κ1) is 12.7. The molecule has 0 bridgehead atoms. The quantitative estimate of drug-likeness (QED) is 0.605. The largest absolute Gasteiger partial charge is 0.496 e. The highest BCUT2D eigenvalue weighted by molar-refractivity contribution is 8.00. The van der Waals surface area contributed by atoms with Crippen molar-refractivity contribution < 1.29 is 9.53 Å². The number of methoxy groups -OCH3 is 1. The van der Waals surface area contributed by atoms with E-state index in [0.717, 1.165) is 4.90 Å². The van der Waals surface area contributed by atoms with Gasteiger partial charge in [-0.15, -0.1) is 11.8 Å². The topological polar surface area (TPSA) is 78.3 Å². The summed E-state index contributed by atoms with van der Waals surface area (Å²) in [5.74, 6) is 0.357. The summed E-state index contributed by atoms with van der Waals surface area (Å²) >= 11 is 1.40. The van der Waals surface area contributed by atoms with E-state index in [2.05, 4.69) is 0 Å². The molecule has 16 heavy (non-hydrogen) atoms. The van der Waals surface area contributed by atoms with Gasteiger partial charge in [0.2, 0.25) is 5.91 Å². The van der Waals surface area contributed by atoms with Crippen molar-refractivity contribution >= 4 is 23.4 Å². The third-order valence-corrected chi connectivity index (χ3v) is 3.59. The summed E-state index contributed by atoms with van der Waals surface area (Å²) in [7, 11) is 1.57. The standard InChI is InChI=1S/C11H16N2O2S/c1-3-9(11(13)14)16-10-5-4-7(12)6-8(10)15-2/h4-6,9H,3,12H2,1-2H3,(H2,13,14). The molecule has 0 aliphatic rings. The molecular weight excluding hydrogens is 224 g/mol. The van der Waals surface area contributed by atoms with Crippen molar-refractivity contribution in [2.45, 2.75) is 23.5 Å². The molecule has 0 heterocycles. The summed E-state index contributed by atoms with van der Waals surface area (Å²) in [5.41, 5.74) is 11.6. The lowest BCUT2D eigenvalue weighted by Gasteiger charge is -2.13. The molecule has 4 N–H and O–H groups in total. The van der Waals surface area contributed by atoms with Crippen LogP contribution in [0.15, 0.2) is 23.1 Å². The van der Waals surface area contributed by atoms with Crippen LogP contribution in [0.5, 0.6) is 5.75 Å². The van der Waals surface area contributed by atoms with Gasteiger partial charge in [0.05, 0.1) is 17.3 Å². The lowest BCUT2D eigenvalue weighted by Crippen LogP contribution is -2.24. The van der Waals surface area contributed by atoms with Crippen LogP contribution in [0.25, 0.3) is 0 Å². The molecule has 4 nitrogen and oxygen atoms in total. The van der Waals surface area contributed by atoms with Crippen LogP contribution in [0, 0.1) is 0 Å². The van der Waals surface area contributed by atoms with Gasteiger partial charge in [-0.05, 0) is 18.6 Å². The Kier molecular flexibility index (Phi) is 4.49. The van der Waals surface area contributed by atoms with E-state index in [-0.39, 0.29) is 11.2 Å². The second kappa shape index (κ2) is 5.65. The number of carbonyl (C=O) groups excluding carboxylic acids is 1. The molecular formula is C11H16N2O2S. The third-order valence-electron chi connectivity index (χ3n) is 2.15. The number of benzene rings is 1. The predicted octanol–water partition coefficient (Wildman–Crippen LogP) is 1.63. The number of nitrogen functional groups attached to an aromatic ring is 1. The van der Waals surface area contributed by atoms with E-state index in [0.29, 0.717) is 17.9 Å². The van der Waals surface area contributed by atoms with Gasteiger partial charge < -0.3 is 16.2 Å². The SMILES string of the molecule is CCC(Sc1ccc(N)cc1OC)C(N)=O. The van der Waals surface area contributed by atoms with E-state index in [4.69, 9.17) is 16.2 Å². The first-order valence-corrected chi connectivity index (χ1v) is 5.86. The van der Waals surface area contributed by atoms with Gasteiger partial charge in [-0.1, -0.05) is 6.92 Å². The van der Waals surface area contributed by atoms with E-state index < -0.39 is 0 Å². The molecule has 0 fully saturated rings. The Morgan fingerprint density at radius 3 is 2.75 bits per heavy atom. The molecule has 1 rings (SSSR count). The van der Waals surface area contributed by atoms with Crippen LogP contribution in [0.3, 0.4) is 0 Å². The number of hydrogen-bond donors (Lipinski definition) is 2. The summed E-state index contributed by atoms with van der Waals surface area (Å²) in [6.07, 6.45) is 0.688. The molecule has 0 radical (unpaired) electrons. The highest BCUT2D eigenvalue weighted by Gasteiger charge is 2.16. The summed E-state index contributed by atoms with van der Waals surface area (Å²) in [5, 5.41) is -0.238. The molecule has 0 aromatic heterocycles. The highest BCUT2D eigenvalue weighted by Crippen LogP contribution is 2.34. The fourth-order valence-corrected chi connectivity index (χ4v) is 2.27. The van der Waals surface area contributed by atoms with Crippen molar-refractivity contribution in [3.05, 3.63) is 18.2 Å². The fourth-order valence-electron chi connectivity index (χ4n) is 1.28. The third kappa shape index (κ3) is 3.06. The Bertz CT molecular complexity index is 382. The summed E-state index contributed by atoms with van der Waals surface area (Å²) in [6.45, 7) is 1.92. The average molecular weight is 240 g/mol. The van der Waals surface area contributed by atoms with Crippen LogP contribution in [0.2, 0.25) is 0 Å². The van der Waals surface area contributed by atoms with Crippen molar-refractivity contribution in [1.82, 2.24) is 0 Å². The van der Waals surface area contributed by atoms with E-state index >= 15 is 0 Å². The Labute approximate surface area is 99.3 Å². The fraction of sp³-hybridized carbons (Fsp3) is 0.364. The number of rotatable bonds is 5. The molecule has 1 aromatic carbocycles. The first-order chi connectivity index (χ1) is 7.58. The van der Waals surface area contributed by atoms with Crippen LogP contribution in [0.4, 0.5) is 5.69 Å². The van der Waals surface area contributed by atoms with E-state index in [1.807, 2.05) is 13.0 Å². The molecule has 1 unspecified atom stereocenters. The monoisotopic (exact) mass is 240 g/mol. The van der Waals surface area contributed by atoms with E-state index in [1.165, 1.54) is 11.8 Å². The summed E-state index contributed by atoms with van der Waals surface area (Å²) in [6, 6.07) is 5.35. The minimum absolute atomic E-state index is 0.238. The highest BCUT2D eigenvalue weighted by atomic mass is 32.2. The van der Waals surface area contributed by atoms with Crippen LogP contribution < -0.4 is 16.2 Å². The Balaban J connectivity index is 2.91. The normalized spacial score (nSPS) is 12.1. The summed E-state index contributed by atoms with van der Waals surface area (Å²) < 4.78 is 5.20. The predicted molar refractivity (Wildman–Crippen MR) is 66.5 cm³/mol. The molecule has 1 atom stereocenters. The van der Waals surface area contributed by atoms with Crippen molar-refractivity contribution in [2.24, 2.45) is 5.73 Å². The molecule has 1 amide bonds. The number of anilines is 1. The van der Waals surface area contributed by atoms with Crippen LogP contribution in [0.1, 0.15) is 13.3 Å². The molecule has 0 spiro atoms. The number of nitrogens with two attached hydrogens (primary N) is 2. The zero-order valence-corrected chi connectivity index (χ0v) is 10.2. The van der Waals surface area contributed by atoms with Crippen LogP contribution >= 0.6 is 11.8 Å². The molecule has 0 saturated heterocycles. The molecule has 1 aromatic rings. The van der Waals surface area contributed by atoms with Crippen LogP contribution in [-0.2, 0) is 4.79 Å². The summed E-state index contributed by atoms with van der Waals surface area (Å²) in [4.78, 5) is 12.0. The number of amides is 1.